The number of hydrogen-bond acceptors (Lipinski definition) is 3. The fraction of sp³-hybridized carbons (Fsp3) is 0.429. The second-order valence-corrected chi connectivity index (χ2v) is 7.36. The van der Waals surface area contributed by atoms with Gasteiger partial charge in [-0.3, -0.25) is 0 Å². The summed E-state index contributed by atoms with van der Waals surface area (Å²) >= 11 is 0. The van der Waals surface area contributed by atoms with E-state index in [1.54, 1.807) is 10.6 Å². The monoisotopic (exact) mass is 314 g/mol. The van der Waals surface area contributed by atoms with Crippen molar-refractivity contribution in [2.24, 2.45) is 5.14 Å². The van der Waals surface area contributed by atoms with E-state index in [2.05, 4.69) is 0 Å². The lowest BCUT2D eigenvalue weighted by atomic mass is 10.2. The normalized spacial score (nSPS) is 13.0. The molecule has 2 N–H and O–H groups in total. The van der Waals surface area contributed by atoms with Gasteiger partial charge in [0.15, 0.2) is 0 Å². The van der Waals surface area contributed by atoms with Crippen LogP contribution < -0.4 is 5.14 Å². The second kappa shape index (κ2) is 5.40. The predicted molar refractivity (Wildman–Crippen MR) is 79.0 cm³/mol. The largest absolute Gasteiger partial charge is 0.374 e. The molecule has 0 saturated heterocycles. The zero-order valence-electron chi connectivity index (χ0n) is 12.3. The summed E-state index contributed by atoms with van der Waals surface area (Å²) in [6.07, 6.45) is 1.36. The highest BCUT2D eigenvalue weighted by atomic mass is 32.2. The number of hydrogen-bond donors (Lipinski definition) is 1. The Hall–Kier alpha value is -1.44. The summed E-state index contributed by atoms with van der Waals surface area (Å²) in [4.78, 5) is -0.202. The fourth-order valence-electron chi connectivity index (χ4n) is 2.12. The molecule has 0 amide bonds. The molecule has 0 radical (unpaired) electrons. The molecule has 116 valence electrons. The first-order chi connectivity index (χ1) is 9.59. The van der Waals surface area contributed by atoms with E-state index in [1.807, 2.05) is 20.8 Å². The topological polar surface area (TPSA) is 74.3 Å². The molecule has 0 bridgehead atoms. The first-order valence-electron chi connectivity index (χ1n) is 6.54. The zero-order chi connectivity index (χ0) is 15.8. The first-order valence-corrected chi connectivity index (χ1v) is 8.08. The number of nitrogens with two attached hydrogens (primary N) is 1. The van der Waals surface area contributed by atoms with E-state index in [0.29, 0.717) is 18.7 Å². The minimum atomic E-state index is -3.99. The number of aromatic nitrogens is 1. The maximum Gasteiger partial charge on any atom is 0.240 e. The third-order valence-electron chi connectivity index (χ3n) is 2.99. The van der Waals surface area contributed by atoms with E-state index in [1.165, 1.54) is 18.3 Å². The Morgan fingerprint density at radius 2 is 2.00 bits per heavy atom. The molecule has 21 heavy (non-hydrogen) atoms. The van der Waals surface area contributed by atoms with Crippen molar-refractivity contribution in [1.29, 1.82) is 0 Å². The van der Waals surface area contributed by atoms with Crippen LogP contribution in [-0.4, -0.2) is 25.2 Å². The molecular formula is C14H19FN2O3S. The number of rotatable bonds is 4. The van der Waals surface area contributed by atoms with Crippen LogP contribution in [0.5, 0.6) is 0 Å². The van der Waals surface area contributed by atoms with Crippen molar-refractivity contribution in [3.63, 3.8) is 0 Å². The predicted octanol–water partition coefficient (Wildman–Crippen LogP) is 2.24. The summed E-state index contributed by atoms with van der Waals surface area (Å²) in [6.45, 7) is 6.57. The molecule has 0 saturated carbocycles. The van der Waals surface area contributed by atoms with Gasteiger partial charge >= 0.3 is 0 Å². The minimum absolute atomic E-state index is 0.0239. The lowest BCUT2D eigenvalue weighted by Crippen LogP contribution is -2.21. The highest BCUT2D eigenvalue weighted by molar-refractivity contribution is 7.89. The Kier molecular flexibility index (Phi) is 4.10. The van der Waals surface area contributed by atoms with E-state index in [-0.39, 0.29) is 15.9 Å². The summed E-state index contributed by atoms with van der Waals surface area (Å²) in [7, 11) is -3.99. The molecule has 0 aliphatic heterocycles. The molecule has 0 aliphatic rings. The molecule has 2 rings (SSSR count). The van der Waals surface area contributed by atoms with Crippen LogP contribution in [0.2, 0.25) is 0 Å². The van der Waals surface area contributed by atoms with Crippen molar-refractivity contribution < 1.29 is 17.5 Å². The molecule has 5 nitrogen and oxygen atoms in total. The molecule has 1 aromatic heterocycles. The van der Waals surface area contributed by atoms with Gasteiger partial charge in [0.25, 0.3) is 0 Å². The van der Waals surface area contributed by atoms with Gasteiger partial charge in [-0.25, -0.2) is 17.9 Å². The molecule has 0 atom stereocenters. The third-order valence-corrected chi connectivity index (χ3v) is 3.92. The van der Waals surface area contributed by atoms with Crippen LogP contribution in [0.15, 0.2) is 29.3 Å². The number of fused-ring (bicyclic) bond motifs is 1. The molecule has 1 aromatic carbocycles. The summed E-state index contributed by atoms with van der Waals surface area (Å²) in [5.74, 6) is -0.605. The van der Waals surface area contributed by atoms with Crippen LogP contribution >= 0.6 is 0 Å². The second-order valence-electron chi connectivity index (χ2n) is 5.83. The number of sulfonamides is 1. The Bertz CT molecular complexity index is 760. The average molecular weight is 314 g/mol. The van der Waals surface area contributed by atoms with Gasteiger partial charge in [-0.05, 0) is 32.9 Å². The summed E-state index contributed by atoms with van der Waals surface area (Å²) < 4.78 is 44.4. The number of primary sulfonamides is 1. The van der Waals surface area contributed by atoms with Crippen LogP contribution in [0.4, 0.5) is 4.39 Å². The van der Waals surface area contributed by atoms with E-state index in [9.17, 15) is 12.8 Å². The van der Waals surface area contributed by atoms with Gasteiger partial charge in [0.1, 0.15) is 10.7 Å². The molecule has 7 heteroatoms. The number of nitrogens with zero attached hydrogens (tertiary/aromatic N) is 1. The molecule has 0 fully saturated rings. The summed E-state index contributed by atoms with van der Waals surface area (Å²) in [5.41, 5.74) is 0.188. The lowest BCUT2D eigenvalue weighted by Gasteiger charge is -2.19. The first kappa shape index (κ1) is 15.9. The van der Waals surface area contributed by atoms with Crippen molar-refractivity contribution in [3.05, 3.63) is 30.2 Å². The SMILES string of the molecule is CC(C)(C)OCCn1cc(S(N)(=O)=O)c2c(F)cccc21. The number of benzene rings is 1. The molecule has 2 aromatic rings. The Balaban J connectivity index is 2.44. The van der Waals surface area contributed by atoms with Crippen molar-refractivity contribution in [2.45, 2.75) is 37.8 Å². The van der Waals surface area contributed by atoms with Crippen molar-refractivity contribution in [1.82, 2.24) is 4.57 Å². The van der Waals surface area contributed by atoms with Crippen LogP contribution in [-0.2, 0) is 21.3 Å². The van der Waals surface area contributed by atoms with E-state index >= 15 is 0 Å². The maximum absolute atomic E-state index is 13.9. The summed E-state index contributed by atoms with van der Waals surface area (Å²) in [5, 5.41) is 5.19. The molecular weight excluding hydrogens is 295 g/mol. The zero-order valence-corrected chi connectivity index (χ0v) is 13.1. The van der Waals surface area contributed by atoms with Gasteiger partial charge < -0.3 is 9.30 Å². The van der Waals surface area contributed by atoms with Crippen LogP contribution in [0, 0.1) is 5.82 Å². The maximum atomic E-state index is 13.9. The van der Waals surface area contributed by atoms with Gasteiger partial charge in [-0.1, -0.05) is 6.07 Å². The molecule has 0 spiro atoms. The van der Waals surface area contributed by atoms with E-state index in [4.69, 9.17) is 9.88 Å². The Labute approximate surface area is 123 Å². The van der Waals surface area contributed by atoms with Crippen molar-refractivity contribution in [2.75, 3.05) is 6.61 Å². The van der Waals surface area contributed by atoms with Crippen LogP contribution in [0.25, 0.3) is 10.9 Å². The number of ether oxygens (including phenoxy) is 1. The standard InChI is InChI=1S/C14H19FN2O3S/c1-14(2,3)20-8-7-17-9-12(21(16,18)19)13-10(15)5-4-6-11(13)17/h4-6,9H,7-8H2,1-3H3,(H2,16,18,19). The Morgan fingerprint density at radius 3 is 2.57 bits per heavy atom. The quantitative estimate of drug-likeness (QED) is 0.940. The minimum Gasteiger partial charge on any atom is -0.374 e. The molecule has 1 heterocycles. The Morgan fingerprint density at radius 1 is 1.33 bits per heavy atom. The highest BCUT2D eigenvalue weighted by Gasteiger charge is 2.20. The number of halogens is 1. The van der Waals surface area contributed by atoms with Gasteiger partial charge in [0, 0.05) is 12.7 Å². The van der Waals surface area contributed by atoms with Gasteiger partial charge in [0.2, 0.25) is 10.0 Å². The summed E-state index contributed by atoms with van der Waals surface area (Å²) in [6, 6.07) is 4.41. The van der Waals surface area contributed by atoms with Crippen LogP contribution in [0.3, 0.4) is 0 Å². The van der Waals surface area contributed by atoms with Gasteiger partial charge in [-0.2, -0.15) is 0 Å². The van der Waals surface area contributed by atoms with E-state index in [0.717, 1.165) is 0 Å². The smallest absolute Gasteiger partial charge is 0.240 e. The average Bonchev–Trinajstić information content (AvgIpc) is 2.68. The van der Waals surface area contributed by atoms with E-state index < -0.39 is 15.8 Å². The lowest BCUT2D eigenvalue weighted by molar-refractivity contribution is -0.00648. The third kappa shape index (κ3) is 3.61. The van der Waals surface area contributed by atoms with Crippen molar-refractivity contribution >= 4 is 20.9 Å². The van der Waals surface area contributed by atoms with Crippen LogP contribution in [0.1, 0.15) is 20.8 Å². The molecule has 0 unspecified atom stereocenters. The fourth-order valence-corrected chi connectivity index (χ4v) is 2.88. The van der Waals surface area contributed by atoms with Gasteiger partial charge in [-0.15, -0.1) is 0 Å². The molecule has 0 aliphatic carbocycles. The highest BCUT2D eigenvalue weighted by Crippen LogP contribution is 2.27. The van der Waals surface area contributed by atoms with Crippen molar-refractivity contribution in [3.8, 4) is 0 Å². The van der Waals surface area contributed by atoms with Gasteiger partial charge in [0.05, 0.1) is 23.1 Å².